The van der Waals surface area contributed by atoms with Gasteiger partial charge in [-0.25, -0.2) is 4.79 Å². The second-order valence-electron chi connectivity index (χ2n) is 8.70. The molecule has 0 radical (unpaired) electrons. The molecule has 8 nitrogen and oxygen atoms in total. The molecule has 0 atom stereocenters. The van der Waals surface area contributed by atoms with Gasteiger partial charge in [0.25, 0.3) is 0 Å². The van der Waals surface area contributed by atoms with Gasteiger partial charge in [0, 0.05) is 39.8 Å². The monoisotopic (exact) mass is 397 g/mol. The van der Waals surface area contributed by atoms with E-state index in [2.05, 4.69) is 49.2 Å². The number of aromatic nitrogens is 2. The van der Waals surface area contributed by atoms with E-state index in [9.17, 15) is 4.79 Å². The summed E-state index contributed by atoms with van der Waals surface area (Å²) >= 11 is 0. The van der Waals surface area contributed by atoms with Gasteiger partial charge in [-0.15, -0.1) is 0 Å². The maximum absolute atomic E-state index is 11.1. The summed E-state index contributed by atoms with van der Waals surface area (Å²) in [7, 11) is 0.186. The second-order valence-corrected chi connectivity index (χ2v) is 13.5. The Morgan fingerprint density at radius 2 is 1.85 bits per heavy atom. The Balaban J connectivity index is 1.99. The Labute approximate surface area is 163 Å². The lowest BCUT2D eigenvalue weighted by atomic mass is 10.2. The molecule has 2 rings (SSSR count). The van der Waals surface area contributed by atoms with Gasteiger partial charge in [0.1, 0.15) is 5.69 Å². The summed E-state index contributed by atoms with van der Waals surface area (Å²) in [4.78, 5) is 14.7. The van der Waals surface area contributed by atoms with Gasteiger partial charge in [-0.05, 0) is 25.1 Å². The Morgan fingerprint density at radius 3 is 2.37 bits per heavy atom. The smallest absolute Gasteiger partial charge is 0.407 e. The number of nitrogens with one attached hydrogen (secondary N) is 1. The number of carboxylic acid groups (broad SMARTS) is 1. The van der Waals surface area contributed by atoms with E-state index in [1.807, 2.05) is 18.7 Å². The number of aryl methyl sites for hydroxylation is 1. The highest BCUT2D eigenvalue weighted by Crippen LogP contribution is 2.36. The van der Waals surface area contributed by atoms with Crippen molar-refractivity contribution in [2.75, 3.05) is 49.5 Å². The summed E-state index contributed by atoms with van der Waals surface area (Å²) in [5.41, 5.74) is 2.08. The Kier molecular flexibility index (Phi) is 6.46. The molecule has 0 spiro atoms. The van der Waals surface area contributed by atoms with Crippen LogP contribution in [0.4, 0.5) is 16.3 Å². The van der Waals surface area contributed by atoms with Crippen molar-refractivity contribution >= 4 is 25.9 Å². The SMILES string of the molecule is Cc1c(NCCO[Si](C)(C)C(C)(C)C)c(N2CCN(C(=O)O)CC2)nn1C. The molecule has 1 fully saturated rings. The maximum Gasteiger partial charge on any atom is 0.407 e. The fourth-order valence-electron chi connectivity index (χ4n) is 2.83. The number of amides is 1. The van der Waals surface area contributed by atoms with Crippen LogP contribution in [0, 0.1) is 6.92 Å². The molecular weight excluding hydrogens is 362 g/mol. The van der Waals surface area contributed by atoms with Crippen LogP contribution in [0.15, 0.2) is 0 Å². The summed E-state index contributed by atoms with van der Waals surface area (Å²) in [6, 6.07) is 0. The van der Waals surface area contributed by atoms with Gasteiger partial charge in [0.2, 0.25) is 0 Å². The molecule has 9 heteroatoms. The van der Waals surface area contributed by atoms with E-state index < -0.39 is 14.4 Å². The molecular formula is C18H35N5O3Si. The van der Waals surface area contributed by atoms with Crippen molar-refractivity contribution in [3.8, 4) is 0 Å². The first kappa shape index (κ1) is 21.6. The average molecular weight is 398 g/mol. The molecule has 27 heavy (non-hydrogen) atoms. The third-order valence-electron chi connectivity index (χ3n) is 5.84. The molecule has 2 N–H and O–H groups in total. The maximum atomic E-state index is 11.1. The summed E-state index contributed by atoms with van der Waals surface area (Å²) in [5.74, 6) is 0.896. The number of hydrogen-bond donors (Lipinski definition) is 2. The van der Waals surface area contributed by atoms with Crippen LogP contribution in [0.2, 0.25) is 18.1 Å². The van der Waals surface area contributed by atoms with E-state index in [1.54, 1.807) is 0 Å². The van der Waals surface area contributed by atoms with Crippen LogP contribution in [0.3, 0.4) is 0 Å². The molecule has 1 aromatic rings. The quantitative estimate of drug-likeness (QED) is 0.567. The molecule has 1 aliphatic rings. The topological polar surface area (TPSA) is 82.9 Å². The Bertz CT molecular complexity index is 661. The molecule has 0 aromatic carbocycles. The molecule has 0 unspecified atom stereocenters. The predicted molar refractivity (Wildman–Crippen MR) is 111 cm³/mol. The van der Waals surface area contributed by atoms with Crippen LogP contribution in [-0.2, 0) is 11.5 Å². The molecule has 1 saturated heterocycles. The molecule has 2 heterocycles. The minimum atomic E-state index is -1.75. The van der Waals surface area contributed by atoms with E-state index in [0.717, 1.165) is 23.7 Å². The van der Waals surface area contributed by atoms with Crippen molar-refractivity contribution in [2.45, 2.75) is 45.8 Å². The molecule has 1 amide bonds. The predicted octanol–water partition coefficient (Wildman–Crippen LogP) is 2.96. The lowest BCUT2D eigenvalue weighted by molar-refractivity contribution is 0.142. The Morgan fingerprint density at radius 1 is 1.26 bits per heavy atom. The van der Waals surface area contributed by atoms with E-state index in [4.69, 9.17) is 9.53 Å². The third kappa shape index (κ3) is 4.95. The summed E-state index contributed by atoms with van der Waals surface area (Å²) < 4.78 is 8.12. The van der Waals surface area contributed by atoms with E-state index in [-0.39, 0.29) is 5.04 Å². The van der Waals surface area contributed by atoms with Crippen LogP contribution < -0.4 is 10.2 Å². The number of rotatable bonds is 6. The minimum absolute atomic E-state index is 0.201. The van der Waals surface area contributed by atoms with Crippen LogP contribution in [0.1, 0.15) is 26.5 Å². The number of nitrogens with zero attached hydrogens (tertiary/aromatic N) is 4. The lowest BCUT2D eigenvalue weighted by Crippen LogP contribution is -2.48. The molecule has 1 aliphatic heterocycles. The Hall–Kier alpha value is -1.74. The molecule has 0 saturated carbocycles. The van der Waals surface area contributed by atoms with Crippen molar-refractivity contribution in [2.24, 2.45) is 7.05 Å². The number of piperazine rings is 1. The van der Waals surface area contributed by atoms with Crippen LogP contribution in [0.5, 0.6) is 0 Å². The third-order valence-corrected chi connectivity index (χ3v) is 10.4. The zero-order valence-corrected chi connectivity index (χ0v) is 18.8. The number of carbonyl (C=O) groups is 1. The fraction of sp³-hybridized carbons (Fsp3) is 0.778. The van der Waals surface area contributed by atoms with Gasteiger partial charge in [-0.3, -0.25) is 4.68 Å². The average Bonchev–Trinajstić information content (AvgIpc) is 2.86. The molecule has 0 aliphatic carbocycles. The van der Waals surface area contributed by atoms with Crippen LogP contribution in [0.25, 0.3) is 0 Å². The zero-order chi connectivity index (χ0) is 20.4. The first-order valence-electron chi connectivity index (χ1n) is 9.58. The summed E-state index contributed by atoms with van der Waals surface area (Å²) in [5, 5.41) is 17.5. The normalized spacial score (nSPS) is 16.0. The largest absolute Gasteiger partial charge is 0.465 e. The van der Waals surface area contributed by atoms with Gasteiger partial charge in [-0.1, -0.05) is 20.8 Å². The highest BCUT2D eigenvalue weighted by atomic mass is 28.4. The first-order chi connectivity index (χ1) is 12.4. The standard InChI is InChI=1S/C18H35N5O3Si/c1-14-15(19-8-13-26-27(6,7)18(2,3)4)16(20-21(14)5)22-9-11-23(12-10-22)17(24)25/h19H,8-13H2,1-7H3,(H,24,25). The van der Waals surface area contributed by atoms with Gasteiger partial charge in [0.15, 0.2) is 14.1 Å². The highest BCUT2D eigenvalue weighted by molar-refractivity contribution is 6.74. The molecule has 154 valence electrons. The van der Waals surface area contributed by atoms with Crippen LogP contribution >= 0.6 is 0 Å². The number of hydrogen-bond acceptors (Lipinski definition) is 5. The summed E-state index contributed by atoms with van der Waals surface area (Å²) in [6.45, 7) is 17.0. The summed E-state index contributed by atoms with van der Waals surface area (Å²) in [6.07, 6.45) is -0.854. The minimum Gasteiger partial charge on any atom is -0.465 e. The van der Waals surface area contributed by atoms with Gasteiger partial charge in [-0.2, -0.15) is 5.10 Å². The van der Waals surface area contributed by atoms with Crippen molar-refractivity contribution in [1.82, 2.24) is 14.7 Å². The van der Waals surface area contributed by atoms with Crippen molar-refractivity contribution < 1.29 is 14.3 Å². The zero-order valence-electron chi connectivity index (χ0n) is 17.8. The van der Waals surface area contributed by atoms with Gasteiger partial charge < -0.3 is 24.6 Å². The highest BCUT2D eigenvalue weighted by Gasteiger charge is 2.36. The van der Waals surface area contributed by atoms with Crippen molar-refractivity contribution in [3.05, 3.63) is 5.69 Å². The van der Waals surface area contributed by atoms with Gasteiger partial charge >= 0.3 is 6.09 Å². The lowest BCUT2D eigenvalue weighted by Gasteiger charge is -2.36. The fourth-order valence-corrected chi connectivity index (χ4v) is 3.87. The van der Waals surface area contributed by atoms with Crippen LogP contribution in [-0.4, -0.2) is 73.5 Å². The van der Waals surface area contributed by atoms with E-state index in [0.29, 0.717) is 32.8 Å². The number of anilines is 2. The van der Waals surface area contributed by atoms with E-state index in [1.165, 1.54) is 4.90 Å². The van der Waals surface area contributed by atoms with Crippen molar-refractivity contribution in [1.29, 1.82) is 0 Å². The first-order valence-corrected chi connectivity index (χ1v) is 12.5. The van der Waals surface area contributed by atoms with Gasteiger partial charge in [0.05, 0.1) is 12.3 Å². The van der Waals surface area contributed by atoms with Crippen molar-refractivity contribution in [3.63, 3.8) is 0 Å². The van der Waals surface area contributed by atoms with E-state index >= 15 is 0 Å². The second kappa shape index (κ2) is 8.10. The molecule has 1 aromatic heterocycles. The molecule has 0 bridgehead atoms.